The molecule has 0 saturated heterocycles. The third kappa shape index (κ3) is 2.81. The number of hydrogen-bond donors (Lipinski definition) is 2. The summed E-state index contributed by atoms with van der Waals surface area (Å²) < 4.78 is 0. The fraction of sp³-hybridized carbons (Fsp3) is 0.100. The number of rotatable bonds is 2. The average Bonchev–Trinajstić information content (AvgIpc) is 2.18. The van der Waals surface area contributed by atoms with Gasteiger partial charge in [0.05, 0.1) is 17.4 Å². The third-order valence-corrected chi connectivity index (χ3v) is 1.54. The molecular formula is C10H8N2O3. The van der Waals surface area contributed by atoms with Crippen LogP contribution in [0, 0.1) is 11.8 Å². The lowest BCUT2D eigenvalue weighted by atomic mass is 10.2. The summed E-state index contributed by atoms with van der Waals surface area (Å²) in [6.07, 6.45) is 2.60. The highest BCUT2D eigenvalue weighted by atomic mass is 16.4. The predicted molar refractivity (Wildman–Crippen MR) is 53.3 cm³/mol. The highest BCUT2D eigenvalue weighted by molar-refractivity contribution is 6.07. The quantitative estimate of drug-likeness (QED) is 0.696. The Kier molecular flexibility index (Phi) is 3.41. The zero-order valence-corrected chi connectivity index (χ0v) is 7.94. The zero-order chi connectivity index (χ0) is 11.3. The zero-order valence-electron chi connectivity index (χ0n) is 7.94. The van der Waals surface area contributed by atoms with Crippen LogP contribution in [-0.4, -0.2) is 22.0 Å². The van der Waals surface area contributed by atoms with Gasteiger partial charge in [0.15, 0.2) is 0 Å². The van der Waals surface area contributed by atoms with E-state index >= 15 is 0 Å². The van der Waals surface area contributed by atoms with E-state index in [-0.39, 0.29) is 11.3 Å². The van der Waals surface area contributed by atoms with Crippen LogP contribution in [0.15, 0.2) is 18.5 Å². The van der Waals surface area contributed by atoms with Crippen LogP contribution in [0.25, 0.3) is 0 Å². The van der Waals surface area contributed by atoms with Crippen molar-refractivity contribution in [3.63, 3.8) is 0 Å². The number of pyridine rings is 1. The van der Waals surface area contributed by atoms with Gasteiger partial charge in [0, 0.05) is 6.20 Å². The number of aromatic nitrogens is 1. The topological polar surface area (TPSA) is 79.3 Å². The van der Waals surface area contributed by atoms with Crippen molar-refractivity contribution in [2.24, 2.45) is 0 Å². The smallest absolute Gasteiger partial charge is 0.337 e. The van der Waals surface area contributed by atoms with Crippen LogP contribution < -0.4 is 5.32 Å². The Morgan fingerprint density at radius 3 is 2.87 bits per heavy atom. The van der Waals surface area contributed by atoms with Gasteiger partial charge in [-0.05, 0) is 18.9 Å². The summed E-state index contributed by atoms with van der Waals surface area (Å²) in [4.78, 5) is 25.5. The second kappa shape index (κ2) is 4.77. The summed E-state index contributed by atoms with van der Waals surface area (Å²) >= 11 is 0. The number of aromatic carboxylic acids is 1. The molecule has 0 aromatic carbocycles. The van der Waals surface area contributed by atoms with Crippen molar-refractivity contribution < 1.29 is 14.7 Å². The number of carbonyl (C=O) groups is 2. The molecule has 0 aliphatic heterocycles. The van der Waals surface area contributed by atoms with Crippen LogP contribution >= 0.6 is 0 Å². The summed E-state index contributed by atoms with van der Waals surface area (Å²) in [5.74, 6) is 2.96. The predicted octanol–water partition coefficient (Wildman–Crippen LogP) is 0.742. The van der Waals surface area contributed by atoms with Crippen LogP contribution in [0.2, 0.25) is 0 Å². The molecule has 0 saturated carbocycles. The van der Waals surface area contributed by atoms with Crippen molar-refractivity contribution in [2.75, 3.05) is 5.32 Å². The number of nitrogens with zero attached hydrogens (tertiary/aromatic N) is 1. The lowest BCUT2D eigenvalue weighted by Gasteiger charge is -2.03. The van der Waals surface area contributed by atoms with E-state index in [0.29, 0.717) is 0 Å². The van der Waals surface area contributed by atoms with Crippen molar-refractivity contribution in [1.82, 2.24) is 4.98 Å². The molecule has 0 unspecified atom stereocenters. The number of hydrogen-bond acceptors (Lipinski definition) is 3. The van der Waals surface area contributed by atoms with E-state index in [9.17, 15) is 9.59 Å². The van der Waals surface area contributed by atoms with Gasteiger partial charge in [0.25, 0.3) is 5.91 Å². The van der Waals surface area contributed by atoms with Gasteiger partial charge in [0.1, 0.15) is 0 Å². The van der Waals surface area contributed by atoms with Crippen molar-refractivity contribution in [3.8, 4) is 11.8 Å². The van der Waals surface area contributed by atoms with Crippen LogP contribution in [0.3, 0.4) is 0 Å². The van der Waals surface area contributed by atoms with Gasteiger partial charge < -0.3 is 10.4 Å². The maximum absolute atomic E-state index is 11.1. The minimum Gasteiger partial charge on any atom is -0.478 e. The second-order valence-electron chi connectivity index (χ2n) is 2.56. The van der Waals surface area contributed by atoms with E-state index in [4.69, 9.17) is 5.11 Å². The van der Waals surface area contributed by atoms with Crippen LogP contribution in [0.4, 0.5) is 5.69 Å². The first-order valence-corrected chi connectivity index (χ1v) is 4.06. The molecule has 76 valence electrons. The molecule has 1 heterocycles. The van der Waals surface area contributed by atoms with E-state index in [1.807, 2.05) is 0 Å². The van der Waals surface area contributed by atoms with Gasteiger partial charge in [-0.2, -0.15) is 0 Å². The molecular weight excluding hydrogens is 196 g/mol. The van der Waals surface area contributed by atoms with Crippen molar-refractivity contribution in [3.05, 3.63) is 24.0 Å². The molecule has 0 aliphatic rings. The summed E-state index contributed by atoms with van der Waals surface area (Å²) in [6.45, 7) is 1.51. The molecule has 0 bridgehead atoms. The molecule has 1 rings (SSSR count). The molecule has 0 aliphatic carbocycles. The van der Waals surface area contributed by atoms with Gasteiger partial charge >= 0.3 is 5.97 Å². The van der Waals surface area contributed by atoms with Gasteiger partial charge in [-0.25, -0.2) is 4.79 Å². The van der Waals surface area contributed by atoms with Gasteiger partial charge in [-0.1, -0.05) is 5.92 Å². The van der Waals surface area contributed by atoms with E-state index in [1.165, 1.54) is 25.4 Å². The first-order valence-electron chi connectivity index (χ1n) is 4.06. The maximum Gasteiger partial charge on any atom is 0.337 e. The van der Waals surface area contributed by atoms with E-state index < -0.39 is 11.9 Å². The standard InChI is InChI=1S/C10H8N2O3/c1-2-3-9(13)12-8-6-11-5-4-7(8)10(14)15/h4-6H,1H3,(H,12,13)(H,14,15). The first kappa shape index (κ1) is 10.7. The fourth-order valence-corrected chi connectivity index (χ4v) is 0.948. The molecule has 0 fully saturated rings. The van der Waals surface area contributed by atoms with E-state index in [1.54, 1.807) is 0 Å². The van der Waals surface area contributed by atoms with Gasteiger partial charge in [-0.15, -0.1) is 0 Å². The van der Waals surface area contributed by atoms with Crippen molar-refractivity contribution in [2.45, 2.75) is 6.92 Å². The van der Waals surface area contributed by atoms with Crippen molar-refractivity contribution in [1.29, 1.82) is 0 Å². The number of anilines is 1. The minimum atomic E-state index is -1.13. The normalized spacial score (nSPS) is 8.60. The van der Waals surface area contributed by atoms with Crippen molar-refractivity contribution >= 4 is 17.6 Å². The Labute approximate surface area is 86.1 Å². The molecule has 1 amide bonds. The number of carboxylic acids is 1. The molecule has 5 heteroatoms. The number of carbonyl (C=O) groups excluding carboxylic acids is 1. The second-order valence-corrected chi connectivity index (χ2v) is 2.56. The Morgan fingerprint density at radius 2 is 2.27 bits per heavy atom. The highest BCUT2D eigenvalue weighted by Gasteiger charge is 2.10. The fourth-order valence-electron chi connectivity index (χ4n) is 0.948. The highest BCUT2D eigenvalue weighted by Crippen LogP contribution is 2.12. The Hall–Kier alpha value is -2.35. The van der Waals surface area contributed by atoms with E-state index in [0.717, 1.165) is 0 Å². The Morgan fingerprint density at radius 1 is 1.53 bits per heavy atom. The van der Waals surface area contributed by atoms with Crippen LogP contribution in [0.1, 0.15) is 17.3 Å². The molecule has 1 aromatic heterocycles. The van der Waals surface area contributed by atoms with Crippen LogP contribution in [-0.2, 0) is 4.79 Å². The SMILES string of the molecule is CC#CC(=O)Nc1cnccc1C(=O)O. The Balaban J connectivity index is 2.97. The Bertz CT molecular complexity index is 457. The molecule has 0 spiro atoms. The summed E-state index contributed by atoms with van der Waals surface area (Å²) in [5, 5.41) is 11.1. The molecule has 2 N–H and O–H groups in total. The molecule has 1 aromatic rings. The number of nitrogens with one attached hydrogen (secondary N) is 1. The summed E-state index contributed by atoms with van der Waals surface area (Å²) in [6, 6.07) is 1.30. The first-order chi connectivity index (χ1) is 7.15. The largest absolute Gasteiger partial charge is 0.478 e. The lowest BCUT2D eigenvalue weighted by Crippen LogP contribution is -2.12. The third-order valence-electron chi connectivity index (χ3n) is 1.54. The average molecular weight is 204 g/mol. The molecule has 0 radical (unpaired) electrons. The minimum absolute atomic E-state index is 0.0174. The molecule has 5 nitrogen and oxygen atoms in total. The van der Waals surface area contributed by atoms with Gasteiger partial charge in [-0.3, -0.25) is 9.78 Å². The maximum atomic E-state index is 11.1. The monoisotopic (exact) mass is 204 g/mol. The summed E-state index contributed by atoms with van der Waals surface area (Å²) in [5.41, 5.74) is 0.119. The summed E-state index contributed by atoms with van der Waals surface area (Å²) in [7, 11) is 0. The molecule has 0 atom stereocenters. The van der Waals surface area contributed by atoms with E-state index in [2.05, 4.69) is 22.1 Å². The lowest BCUT2D eigenvalue weighted by molar-refractivity contribution is -0.111. The number of amides is 1. The van der Waals surface area contributed by atoms with Crippen LogP contribution in [0.5, 0.6) is 0 Å². The molecule has 15 heavy (non-hydrogen) atoms. The van der Waals surface area contributed by atoms with Gasteiger partial charge in [0.2, 0.25) is 0 Å². The number of carboxylic acid groups (broad SMARTS) is 1.